The molecule has 37 heavy (non-hydrogen) atoms. The van der Waals surface area contributed by atoms with Crippen molar-refractivity contribution in [2.75, 3.05) is 0 Å². The van der Waals surface area contributed by atoms with Crippen LogP contribution >= 0.6 is 0 Å². The molecule has 2 aliphatic carbocycles. The smallest absolute Gasteiger partial charge is 0.176 e. The average Bonchev–Trinajstić information content (AvgIpc) is 3.32. The quantitative estimate of drug-likeness (QED) is 0.400. The Kier molecular flexibility index (Phi) is 5.30. The first-order valence-corrected chi connectivity index (χ1v) is 12.2. The highest BCUT2D eigenvalue weighted by Gasteiger charge is 2.51. The van der Waals surface area contributed by atoms with E-state index < -0.39 is 11.2 Å². The summed E-state index contributed by atoms with van der Waals surface area (Å²) < 4.78 is 17.5. The molecule has 3 aromatic heterocycles. The van der Waals surface area contributed by atoms with Crippen LogP contribution in [0.3, 0.4) is 0 Å². The van der Waals surface area contributed by atoms with E-state index in [4.69, 9.17) is 5.10 Å². The maximum Gasteiger partial charge on any atom is 0.176 e. The number of nitrogens with zero attached hydrogens (tertiary/aromatic N) is 6. The Balaban J connectivity index is 1.60. The average molecular weight is 491 g/mol. The maximum atomic E-state index is 15.8. The van der Waals surface area contributed by atoms with E-state index in [0.717, 1.165) is 23.2 Å². The summed E-state index contributed by atoms with van der Waals surface area (Å²) in [6, 6.07) is 12.6. The lowest BCUT2D eigenvalue weighted by atomic mass is 9.58. The van der Waals surface area contributed by atoms with Gasteiger partial charge in [-0.1, -0.05) is 32.1 Å². The summed E-state index contributed by atoms with van der Waals surface area (Å²) in [6.45, 7) is 3.91. The number of ketones is 1. The van der Waals surface area contributed by atoms with E-state index in [1.54, 1.807) is 41.5 Å². The Labute approximate surface area is 213 Å². The molecule has 4 aromatic rings. The molecule has 7 nitrogen and oxygen atoms in total. The van der Waals surface area contributed by atoms with Crippen LogP contribution < -0.4 is 0 Å². The van der Waals surface area contributed by atoms with Crippen molar-refractivity contribution < 1.29 is 9.18 Å². The summed E-state index contributed by atoms with van der Waals surface area (Å²) >= 11 is 0. The van der Waals surface area contributed by atoms with Crippen LogP contribution in [-0.4, -0.2) is 30.5 Å². The van der Waals surface area contributed by atoms with Crippen LogP contribution in [0.1, 0.15) is 31.5 Å². The number of Topliss-reactive ketones (excluding diaryl/α,β-unsaturated/α-hetero) is 1. The lowest BCUT2D eigenvalue weighted by Gasteiger charge is -2.45. The predicted octanol–water partition coefficient (Wildman–Crippen LogP) is 5.02. The number of nitriles is 1. The van der Waals surface area contributed by atoms with Crippen molar-refractivity contribution in [3.8, 4) is 34.3 Å². The zero-order valence-corrected chi connectivity index (χ0v) is 20.4. The van der Waals surface area contributed by atoms with Crippen molar-refractivity contribution in [1.82, 2.24) is 24.7 Å². The van der Waals surface area contributed by atoms with Gasteiger partial charge in [0.2, 0.25) is 0 Å². The Hall–Kier alpha value is -4.51. The Morgan fingerprint density at radius 1 is 1.16 bits per heavy atom. The fourth-order valence-corrected chi connectivity index (χ4v) is 6.05. The number of carbonyl (C=O) groups excluding carboxylic acids is 1. The number of halogens is 1. The van der Waals surface area contributed by atoms with Crippen molar-refractivity contribution in [2.45, 2.75) is 32.1 Å². The molecule has 0 saturated heterocycles. The number of hydrogen-bond donors (Lipinski definition) is 0. The topological polar surface area (TPSA) is 97.4 Å². The van der Waals surface area contributed by atoms with Gasteiger partial charge in [-0.3, -0.25) is 9.78 Å². The van der Waals surface area contributed by atoms with Gasteiger partial charge in [-0.2, -0.15) is 10.4 Å². The van der Waals surface area contributed by atoms with Crippen LogP contribution in [0, 0.1) is 29.0 Å². The summed E-state index contributed by atoms with van der Waals surface area (Å²) in [5.74, 6) is -0.948. The first-order chi connectivity index (χ1) is 17.9. The first kappa shape index (κ1) is 22.9. The summed E-state index contributed by atoms with van der Waals surface area (Å²) in [7, 11) is 0. The molecule has 0 unspecified atom stereocenters. The highest BCUT2D eigenvalue weighted by molar-refractivity contribution is 6.02. The number of fused-ring (bicyclic) bond motifs is 3. The van der Waals surface area contributed by atoms with E-state index in [9.17, 15) is 10.1 Å². The molecule has 0 radical (unpaired) electrons. The van der Waals surface area contributed by atoms with Crippen LogP contribution in [0.15, 0.2) is 73.0 Å². The third-order valence-corrected chi connectivity index (χ3v) is 7.81. The van der Waals surface area contributed by atoms with E-state index in [0.29, 0.717) is 29.1 Å². The molecule has 0 fully saturated rings. The number of benzene rings is 1. The Morgan fingerprint density at radius 3 is 2.73 bits per heavy atom. The monoisotopic (exact) mass is 490 g/mol. The van der Waals surface area contributed by atoms with E-state index in [2.05, 4.69) is 21.0 Å². The fraction of sp³-hybridized carbons (Fsp3) is 0.241. The second-order valence-electron chi connectivity index (χ2n) is 9.84. The molecule has 0 N–H and O–H groups in total. The molecule has 0 bridgehead atoms. The van der Waals surface area contributed by atoms with Crippen molar-refractivity contribution in [3.05, 3.63) is 90.0 Å². The minimum atomic E-state index is -0.696. The first-order valence-electron chi connectivity index (χ1n) is 12.2. The highest BCUT2D eigenvalue weighted by atomic mass is 19.1. The molecule has 3 heterocycles. The van der Waals surface area contributed by atoms with E-state index in [1.165, 1.54) is 12.4 Å². The van der Waals surface area contributed by atoms with Crippen molar-refractivity contribution in [1.29, 1.82) is 5.26 Å². The maximum absolute atomic E-state index is 15.8. The van der Waals surface area contributed by atoms with Gasteiger partial charge in [-0.25, -0.2) is 19.0 Å². The standard InChI is InChI=1S/C29H23FN6O/c1-17-22-7-6-21-26(24-9-11-33-16-34-24)35-36(28(21)29(22,2)13-20(14-31)27(17)37)25-8-5-18(12-23(25)30)19-4-3-10-32-15-19/h3-5,8-13,15-17,22H,6-7H2,1-2H3/t17-,22-,29-/m1/s1. The Bertz CT molecular complexity index is 1600. The van der Waals surface area contributed by atoms with E-state index in [-0.39, 0.29) is 23.2 Å². The molecular weight excluding hydrogens is 467 g/mol. The number of pyridine rings is 1. The largest absolute Gasteiger partial charge is 0.293 e. The SMILES string of the molecule is C[C@H]1C(=O)C(C#N)=C[C@@]2(C)c3c(c(-c4ccncn4)nn3-c3ccc(-c4cccnc4)cc3F)CC[C@H]12. The number of allylic oxidation sites excluding steroid dienone is 2. The van der Waals surface area contributed by atoms with E-state index in [1.807, 2.05) is 32.0 Å². The van der Waals surface area contributed by atoms with Gasteiger partial charge in [0, 0.05) is 41.1 Å². The third-order valence-electron chi connectivity index (χ3n) is 7.81. The van der Waals surface area contributed by atoms with Gasteiger partial charge in [0.25, 0.3) is 0 Å². The van der Waals surface area contributed by atoms with Crippen LogP contribution in [0.2, 0.25) is 0 Å². The lowest BCUT2D eigenvalue weighted by molar-refractivity contribution is -0.121. The van der Waals surface area contributed by atoms with Crippen LogP contribution in [0.25, 0.3) is 28.2 Å². The molecular formula is C29H23FN6O. The van der Waals surface area contributed by atoms with Crippen molar-refractivity contribution in [2.24, 2.45) is 11.8 Å². The number of carbonyl (C=O) groups is 1. The summed E-state index contributed by atoms with van der Waals surface area (Å²) in [4.78, 5) is 25.5. The number of rotatable bonds is 3. The van der Waals surface area contributed by atoms with Gasteiger partial charge in [-0.15, -0.1) is 0 Å². The van der Waals surface area contributed by atoms with E-state index >= 15 is 4.39 Å². The summed E-state index contributed by atoms with van der Waals surface area (Å²) in [5, 5.41) is 14.6. The minimum Gasteiger partial charge on any atom is -0.293 e. The van der Waals surface area contributed by atoms with Gasteiger partial charge in [-0.05, 0) is 48.6 Å². The third kappa shape index (κ3) is 3.50. The molecule has 3 atom stereocenters. The lowest BCUT2D eigenvalue weighted by Crippen LogP contribution is -2.46. The predicted molar refractivity (Wildman–Crippen MR) is 135 cm³/mol. The molecule has 6 rings (SSSR count). The fourth-order valence-electron chi connectivity index (χ4n) is 6.05. The zero-order valence-electron chi connectivity index (χ0n) is 20.4. The molecule has 0 aliphatic heterocycles. The molecule has 0 amide bonds. The summed E-state index contributed by atoms with van der Waals surface area (Å²) in [6.07, 6.45) is 9.66. The highest BCUT2D eigenvalue weighted by Crippen LogP contribution is 2.52. The second-order valence-corrected chi connectivity index (χ2v) is 9.84. The molecule has 1 aromatic carbocycles. The second kappa shape index (κ2) is 8.56. The normalized spacial score (nSPS) is 22.5. The molecule has 8 heteroatoms. The zero-order chi connectivity index (χ0) is 25.7. The van der Waals surface area contributed by atoms with Gasteiger partial charge >= 0.3 is 0 Å². The summed E-state index contributed by atoms with van der Waals surface area (Å²) in [5.41, 5.74) is 4.29. The number of hydrogen-bond acceptors (Lipinski definition) is 6. The Morgan fingerprint density at radius 2 is 2.03 bits per heavy atom. The molecule has 182 valence electrons. The van der Waals surface area contributed by atoms with Crippen LogP contribution in [0.5, 0.6) is 0 Å². The van der Waals surface area contributed by atoms with Crippen LogP contribution in [0.4, 0.5) is 4.39 Å². The van der Waals surface area contributed by atoms with Crippen LogP contribution in [-0.2, 0) is 16.6 Å². The van der Waals surface area contributed by atoms with Crippen molar-refractivity contribution in [3.63, 3.8) is 0 Å². The molecule has 2 aliphatic rings. The van der Waals surface area contributed by atoms with Gasteiger partial charge in [0.05, 0.1) is 17.0 Å². The van der Waals surface area contributed by atoms with Crippen molar-refractivity contribution >= 4 is 5.78 Å². The number of aromatic nitrogens is 5. The molecule has 0 saturated carbocycles. The molecule has 0 spiro atoms. The minimum absolute atomic E-state index is 0.0453. The van der Waals surface area contributed by atoms with Gasteiger partial charge in [0.1, 0.15) is 29.6 Å². The van der Waals surface area contributed by atoms with Gasteiger partial charge in [0.15, 0.2) is 5.78 Å². The van der Waals surface area contributed by atoms with Gasteiger partial charge < -0.3 is 0 Å².